The number of benzene rings is 1. The van der Waals surface area contributed by atoms with Gasteiger partial charge in [0.05, 0.1) is 6.54 Å². The lowest BCUT2D eigenvalue weighted by Gasteiger charge is -2.29. The summed E-state index contributed by atoms with van der Waals surface area (Å²) >= 11 is 0. The van der Waals surface area contributed by atoms with Crippen molar-refractivity contribution in [1.29, 1.82) is 0 Å². The van der Waals surface area contributed by atoms with Crippen LogP contribution in [0.5, 0.6) is 0 Å². The predicted octanol–water partition coefficient (Wildman–Crippen LogP) is 2.51. The molecule has 0 bridgehead atoms. The van der Waals surface area contributed by atoms with E-state index in [-0.39, 0.29) is 11.9 Å². The van der Waals surface area contributed by atoms with E-state index in [9.17, 15) is 4.79 Å². The zero-order chi connectivity index (χ0) is 15.1. The number of nitrogens with zero attached hydrogens (tertiary/aromatic N) is 3. The van der Waals surface area contributed by atoms with Gasteiger partial charge in [-0.25, -0.2) is 0 Å². The molecule has 1 aliphatic rings. The lowest BCUT2D eigenvalue weighted by molar-refractivity contribution is -0.135. The summed E-state index contributed by atoms with van der Waals surface area (Å²) in [6.07, 6.45) is 4.44. The third-order valence-corrected chi connectivity index (χ3v) is 4.47. The zero-order valence-corrected chi connectivity index (χ0v) is 12.5. The molecule has 5 heteroatoms. The first-order chi connectivity index (χ1) is 10.7. The first-order valence-electron chi connectivity index (χ1n) is 7.60. The van der Waals surface area contributed by atoms with E-state index in [0.29, 0.717) is 6.54 Å². The Balaban J connectivity index is 1.60. The smallest absolute Gasteiger partial charge is 0.247 e. The number of carbonyl (C=O) groups excluding carboxylic acids is 1. The molecule has 0 saturated carbocycles. The lowest BCUT2D eigenvalue weighted by atomic mass is 10.0. The third kappa shape index (κ3) is 2.01. The van der Waals surface area contributed by atoms with Crippen LogP contribution in [0.3, 0.4) is 0 Å². The number of para-hydroxylation sites is 1. The molecule has 22 heavy (non-hydrogen) atoms. The molecular formula is C17H18N4O. The van der Waals surface area contributed by atoms with Gasteiger partial charge in [0.15, 0.2) is 0 Å². The van der Waals surface area contributed by atoms with Crippen molar-refractivity contribution in [2.45, 2.75) is 25.9 Å². The Labute approximate surface area is 128 Å². The molecule has 3 aromatic rings. The first kappa shape index (κ1) is 13.1. The van der Waals surface area contributed by atoms with Gasteiger partial charge in [-0.2, -0.15) is 5.10 Å². The molecule has 5 nitrogen and oxygen atoms in total. The minimum atomic E-state index is -0.263. The highest BCUT2D eigenvalue weighted by atomic mass is 16.2. The maximum Gasteiger partial charge on any atom is 0.247 e. The largest absolute Gasteiger partial charge is 0.357 e. The number of H-pyrrole nitrogens is 1. The van der Waals surface area contributed by atoms with Crippen molar-refractivity contribution < 1.29 is 4.79 Å². The molecule has 1 atom stereocenters. The summed E-state index contributed by atoms with van der Waals surface area (Å²) in [5, 5.41) is 5.45. The van der Waals surface area contributed by atoms with E-state index in [0.717, 1.165) is 24.2 Å². The Hall–Kier alpha value is -2.56. The monoisotopic (exact) mass is 294 g/mol. The molecule has 0 spiro atoms. The van der Waals surface area contributed by atoms with Crippen LogP contribution in [0.4, 0.5) is 0 Å². The average Bonchev–Trinajstić information content (AvgIpc) is 3.20. The Morgan fingerprint density at radius 3 is 3.00 bits per heavy atom. The van der Waals surface area contributed by atoms with Crippen LogP contribution >= 0.6 is 0 Å². The highest BCUT2D eigenvalue weighted by Crippen LogP contribution is 2.28. The summed E-state index contributed by atoms with van der Waals surface area (Å²) in [5.74, 6) is 0.119. The van der Waals surface area contributed by atoms with Crippen LogP contribution < -0.4 is 0 Å². The van der Waals surface area contributed by atoms with Crippen molar-refractivity contribution in [1.82, 2.24) is 19.7 Å². The number of aromatic amines is 1. The second kappa shape index (κ2) is 5.02. The lowest BCUT2D eigenvalue weighted by Crippen LogP contribution is -2.39. The molecule has 1 aliphatic heterocycles. The van der Waals surface area contributed by atoms with Crippen molar-refractivity contribution in [3.63, 3.8) is 0 Å². The molecule has 4 rings (SSSR count). The Kier molecular flexibility index (Phi) is 2.99. The van der Waals surface area contributed by atoms with Gasteiger partial charge in [0.1, 0.15) is 6.04 Å². The number of fused-ring (bicyclic) bond motifs is 3. The van der Waals surface area contributed by atoms with Gasteiger partial charge in [-0.15, -0.1) is 0 Å². The van der Waals surface area contributed by atoms with Gasteiger partial charge in [0.2, 0.25) is 5.91 Å². The number of aromatic nitrogens is 3. The molecule has 0 fully saturated rings. The molecule has 0 aliphatic carbocycles. The predicted molar refractivity (Wildman–Crippen MR) is 84.4 cm³/mol. The van der Waals surface area contributed by atoms with Crippen LogP contribution in [-0.2, 0) is 17.8 Å². The van der Waals surface area contributed by atoms with Crippen molar-refractivity contribution in [3.8, 4) is 0 Å². The third-order valence-electron chi connectivity index (χ3n) is 4.47. The number of hydrogen-bond donors (Lipinski definition) is 1. The van der Waals surface area contributed by atoms with Gasteiger partial charge < -0.3 is 9.88 Å². The summed E-state index contributed by atoms with van der Waals surface area (Å²) < 4.78 is 1.71. The maximum absolute atomic E-state index is 12.7. The van der Waals surface area contributed by atoms with E-state index in [1.165, 1.54) is 10.9 Å². The van der Waals surface area contributed by atoms with Gasteiger partial charge in [-0.3, -0.25) is 9.48 Å². The van der Waals surface area contributed by atoms with Crippen LogP contribution in [-0.4, -0.2) is 32.1 Å². The van der Waals surface area contributed by atoms with E-state index in [4.69, 9.17) is 0 Å². The van der Waals surface area contributed by atoms with Crippen molar-refractivity contribution in [2.24, 2.45) is 0 Å². The molecule has 0 saturated heterocycles. The average molecular weight is 294 g/mol. The SMILES string of the molecule is CC(C(=O)N1CCc2c([nH]c3ccccc23)C1)n1cccn1. The summed E-state index contributed by atoms with van der Waals surface area (Å²) in [5.41, 5.74) is 3.67. The minimum absolute atomic E-state index is 0.119. The van der Waals surface area contributed by atoms with E-state index in [1.54, 1.807) is 10.9 Å². The van der Waals surface area contributed by atoms with Gasteiger partial charge in [-0.05, 0) is 31.0 Å². The molecule has 3 heterocycles. The van der Waals surface area contributed by atoms with E-state index in [2.05, 4.69) is 28.3 Å². The molecule has 1 amide bonds. The molecule has 2 aromatic heterocycles. The summed E-state index contributed by atoms with van der Waals surface area (Å²) in [6, 6.07) is 9.91. The molecule has 0 radical (unpaired) electrons. The number of rotatable bonds is 2. The fraction of sp³-hybridized carbons (Fsp3) is 0.294. The topological polar surface area (TPSA) is 53.9 Å². The number of amides is 1. The highest BCUT2D eigenvalue weighted by Gasteiger charge is 2.27. The zero-order valence-electron chi connectivity index (χ0n) is 12.5. The van der Waals surface area contributed by atoms with Gasteiger partial charge >= 0.3 is 0 Å². The molecule has 1 unspecified atom stereocenters. The fourth-order valence-electron chi connectivity index (χ4n) is 3.27. The molecule has 1 aromatic carbocycles. The Bertz CT molecular complexity index is 818. The normalized spacial score (nSPS) is 15.8. The second-order valence-electron chi connectivity index (χ2n) is 5.80. The van der Waals surface area contributed by atoms with Gasteiger partial charge in [0, 0.05) is 35.5 Å². The van der Waals surface area contributed by atoms with E-state index >= 15 is 0 Å². The van der Waals surface area contributed by atoms with Crippen molar-refractivity contribution in [3.05, 3.63) is 54.0 Å². The highest BCUT2D eigenvalue weighted by molar-refractivity contribution is 5.86. The van der Waals surface area contributed by atoms with Gasteiger partial charge in [0.25, 0.3) is 0 Å². The van der Waals surface area contributed by atoms with E-state index in [1.807, 2.05) is 30.2 Å². The number of hydrogen-bond acceptors (Lipinski definition) is 2. The Morgan fingerprint density at radius 1 is 1.32 bits per heavy atom. The molecular weight excluding hydrogens is 276 g/mol. The van der Waals surface area contributed by atoms with Crippen LogP contribution in [0.25, 0.3) is 10.9 Å². The minimum Gasteiger partial charge on any atom is -0.357 e. The van der Waals surface area contributed by atoms with Crippen LogP contribution in [0.2, 0.25) is 0 Å². The number of nitrogens with one attached hydrogen (secondary N) is 1. The molecule has 112 valence electrons. The standard InChI is InChI=1S/C17H18N4O/c1-12(21-9-4-8-18-21)17(22)20-10-7-14-13-5-2-3-6-15(13)19-16(14)11-20/h2-6,8-9,12,19H,7,10-11H2,1H3. The quantitative estimate of drug-likeness (QED) is 0.789. The summed E-state index contributed by atoms with van der Waals surface area (Å²) in [4.78, 5) is 18.1. The Morgan fingerprint density at radius 2 is 2.18 bits per heavy atom. The fourth-order valence-corrected chi connectivity index (χ4v) is 3.27. The maximum atomic E-state index is 12.7. The van der Waals surface area contributed by atoms with E-state index < -0.39 is 0 Å². The van der Waals surface area contributed by atoms with Gasteiger partial charge in [-0.1, -0.05) is 18.2 Å². The van der Waals surface area contributed by atoms with Crippen LogP contribution in [0.15, 0.2) is 42.7 Å². The first-order valence-corrected chi connectivity index (χ1v) is 7.60. The summed E-state index contributed by atoms with van der Waals surface area (Å²) in [6.45, 7) is 3.31. The van der Waals surface area contributed by atoms with Crippen molar-refractivity contribution >= 4 is 16.8 Å². The van der Waals surface area contributed by atoms with Crippen molar-refractivity contribution in [2.75, 3.05) is 6.54 Å². The number of carbonyl (C=O) groups is 1. The van der Waals surface area contributed by atoms with Crippen LogP contribution in [0, 0.1) is 0 Å². The summed E-state index contributed by atoms with van der Waals surface area (Å²) in [7, 11) is 0. The molecule has 1 N–H and O–H groups in total. The van der Waals surface area contributed by atoms with Crippen LogP contribution in [0.1, 0.15) is 24.2 Å². The second-order valence-corrected chi connectivity index (χ2v) is 5.80.